The Bertz CT molecular complexity index is 1960. The summed E-state index contributed by atoms with van der Waals surface area (Å²) in [6, 6.07) is 0. The summed E-state index contributed by atoms with van der Waals surface area (Å²) in [6.45, 7) is 9.53. The zero-order valence-corrected chi connectivity index (χ0v) is 68.7. The van der Waals surface area contributed by atoms with Gasteiger partial charge in [0, 0.05) is 25.7 Å². The van der Waals surface area contributed by atoms with Crippen molar-refractivity contribution in [2.24, 2.45) is 11.8 Å². The Hall–Kier alpha value is -1.94. The van der Waals surface area contributed by atoms with Gasteiger partial charge in [0.15, 0.2) is 12.2 Å². The summed E-state index contributed by atoms with van der Waals surface area (Å²) in [5, 5.41) is 10.6. The van der Waals surface area contributed by atoms with Gasteiger partial charge in [0.2, 0.25) is 0 Å². The number of unbranched alkanes of at least 4 members (excludes halogenated alkanes) is 52. The molecule has 0 fully saturated rings. The molecule has 0 amide bonds. The molecule has 5 atom stereocenters. The quantitative estimate of drug-likeness (QED) is 0.0222. The fourth-order valence-electron chi connectivity index (χ4n) is 12.9. The van der Waals surface area contributed by atoms with Gasteiger partial charge in [-0.3, -0.25) is 37.3 Å². The lowest BCUT2D eigenvalue weighted by molar-refractivity contribution is -0.161. The third-order valence-corrected chi connectivity index (χ3v) is 21.4. The molecule has 0 bridgehead atoms. The number of carbonyl (C=O) groups is 4. The lowest BCUT2D eigenvalue weighted by Gasteiger charge is -2.21. The smallest absolute Gasteiger partial charge is 0.462 e. The van der Waals surface area contributed by atoms with Gasteiger partial charge in [-0.25, -0.2) is 9.13 Å². The van der Waals surface area contributed by atoms with Crippen molar-refractivity contribution in [3.63, 3.8) is 0 Å². The zero-order chi connectivity index (χ0) is 74.9. The SMILES string of the molecule is CCCCCCCCCCCCCCCCCCCCCCCC(=O)O[C@H](COC(=O)CCCCCCCCCCCCCCCCCCCCCC)COP(=O)(O)OC[C@@H](O)COP(=O)(O)OC[C@@H](COC(=O)CCCCCCCCC(C)C)OC(=O)CCCCCCCCCCCC(C)C. The van der Waals surface area contributed by atoms with Crippen LogP contribution < -0.4 is 0 Å². The number of hydrogen-bond donors (Lipinski definition) is 3. The van der Waals surface area contributed by atoms with Crippen LogP contribution in [0.5, 0.6) is 0 Å². The Morgan fingerprint density at radius 1 is 0.265 bits per heavy atom. The molecular weight excluding hydrogens is 1330 g/mol. The molecule has 17 nitrogen and oxygen atoms in total. The van der Waals surface area contributed by atoms with Gasteiger partial charge in [0.25, 0.3) is 0 Å². The minimum atomic E-state index is -4.96. The van der Waals surface area contributed by atoms with Gasteiger partial charge in [0.05, 0.1) is 26.4 Å². The van der Waals surface area contributed by atoms with E-state index in [4.69, 9.17) is 37.0 Å². The lowest BCUT2D eigenvalue weighted by atomic mass is 10.0. The first-order valence-corrected chi connectivity index (χ1v) is 46.0. The molecule has 19 heteroatoms. The van der Waals surface area contributed by atoms with Crippen molar-refractivity contribution in [1.29, 1.82) is 0 Å². The van der Waals surface area contributed by atoms with Crippen molar-refractivity contribution in [2.75, 3.05) is 39.6 Å². The molecule has 0 heterocycles. The standard InChI is InChI=1S/C83H162O17P2/c1-7-9-11-13-15-17-19-21-23-25-27-29-31-33-35-37-39-43-47-55-61-67-82(87)99-78(71-93-80(85)65-59-53-46-42-38-36-34-32-30-28-26-24-22-20-18-16-14-12-10-8-2)73-97-101(89,90)95-69-77(84)70-96-102(91,92)98-74-79(72-94-81(86)66-60-54-50-49-52-58-64-76(5)6)100-83(88)68-62-56-48-44-40-41-45-51-57-63-75(3)4/h75-79,84H,7-74H2,1-6H3,(H,89,90)(H,91,92)/t77-,78-,79-/m1/s1. The van der Waals surface area contributed by atoms with E-state index in [0.717, 1.165) is 102 Å². The molecule has 0 aliphatic carbocycles. The second-order valence-electron chi connectivity index (χ2n) is 30.8. The molecule has 102 heavy (non-hydrogen) atoms. The summed E-state index contributed by atoms with van der Waals surface area (Å²) >= 11 is 0. The van der Waals surface area contributed by atoms with Crippen LogP contribution in [0.3, 0.4) is 0 Å². The lowest BCUT2D eigenvalue weighted by Crippen LogP contribution is -2.30. The van der Waals surface area contributed by atoms with Crippen LogP contribution in [0.4, 0.5) is 0 Å². The van der Waals surface area contributed by atoms with Gasteiger partial charge in [-0.15, -0.1) is 0 Å². The fraction of sp³-hybridized carbons (Fsp3) is 0.952. The number of phosphoric ester groups is 2. The van der Waals surface area contributed by atoms with E-state index in [1.807, 2.05) is 0 Å². The van der Waals surface area contributed by atoms with Gasteiger partial charge >= 0.3 is 39.5 Å². The van der Waals surface area contributed by atoms with Crippen LogP contribution in [-0.4, -0.2) is 96.7 Å². The number of ether oxygens (including phenoxy) is 4. The Morgan fingerprint density at radius 3 is 0.667 bits per heavy atom. The van der Waals surface area contributed by atoms with Crippen LogP contribution in [-0.2, 0) is 65.4 Å². The maximum absolute atomic E-state index is 13.1. The third-order valence-electron chi connectivity index (χ3n) is 19.5. The highest BCUT2D eigenvalue weighted by Crippen LogP contribution is 2.45. The predicted octanol–water partition coefficient (Wildman–Crippen LogP) is 25.1. The molecule has 0 aromatic rings. The van der Waals surface area contributed by atoms with Crippen molar-refractivity contribution in [1.82, 2.24) is 0 Å². The molecule has 0 saturated carbocycles. The van der Waals surface area contributed by atoms with Gasteiger partial charge in [0.1, 0.15) is 19.3 Å². The predicted molar refractivity (Wildman–Crippen MR) is 418 cm³/mol. The van der Waals surface area contributed by atoms with Crippen LogP contribution in [0.25, 0.3) is 0 Å². The topological polar surface area (TPSA) is 237 Å². The second-order valence-corrected chi connectivity index (χ2v) is 33.7. The summed E-state index contributed by atoms with van der Waals surface area (Å²) in [4.78, 5) is 73.0. The summed E-state index contributed by atoms with van der Waals surface area (Å²) in [6.07, 6.45) is 65.7. The van der Waals surface area contributed by atoms with Crippen LogP contribution in [0.15, 0.2) is 0 Å². The van der Waals surface area contributed by atoms with Crippen LogP contribution in [0, 0.1) is 11.8 Å². The summed E-state index contributed by atoms with van der Waals surface area (Å²) in [7, 11) is -9.92. The summed E-state index contributed by atoms with van der Waals surface area (Å²) in [5.41, 5.74) is 0. The number of hydrogen-bond acceptors (Lipinski definition) is 15. The molecule has 0 aromatic carbocycles. The fourth-order valence-corrected chi connectivity index (χ4v) is 14.5. The molecule has 606 valence electrons. The van der Waals surface area contributed by atoms with Crippen molar-refractivity contribution in [3.8, 4) is 0 Å². The minimum absolute atomic E-state index is 0.105. The maximum atomic E-state index is 13.1. The van der Waals surface area contributed by atoms with Gasteiger partial charge in [-0.1, -0.05) is 388 Å². The van der Waals surface area contributed by atoms with Crippen molar-refractivity contribution >= 4 is 39.5 Å². The molecule has 0 radical (unpaired) electrons. The summed E-state index contributed by atoms with van der Waals surface area (Å²) < 4.78 is 68.7. The Morgan fingerprint density at radius 2 is 0.451 bits per heavy atom. The minimum Gasteiger partial charge on any atom is -0.462 e. The average molecular weight is 1490 g/mol. The largest absolute Gasteiger partial charge is 0.472 e. The molecule has 2 unspecified atom stereocenters. The maximum Gasteiger partial charge on any atom is 0.472 e. The van der Waals surface area contributed by atoms with E-state index in [0.29, 0.717) is 31.6 Å². The number of aliphatic hydroxyl groups is 1. The zero-order valence-electron chi connectivity index (χ0n) is 66.9. The second kappa shape index (κ2) is 74.5. The highest BCUT2D eigenvalue weighted by molar-refractivity contribution is 7.47. The van der Waals surface area contributed by atoms with Crippen LogP contribution >= 0.6 is 15.6 Å². The summed E-state index contributed by atoms with van der Waals surface area (Å²) in [5.74, 6) is -0.696. The van der Waals surface area contributed by atoms with Crippen molar-refractivity contribution in [3.05, 3.63) is 0 Å². The van der Waals surface area contributed by atoms with E-state index in [9.17, 15) is 43.2 Å². The molecular formula is C83H162O17P2. The molecule has 3 N–H and O–H groups in total. The Balaban J connectivity index is 5.19. The number of carbonyl (C=O) groups excluding carboxylic acids is 4. The molecule has 0 aromatic heterocycles. The first-order valence-electron chi connectivity index (χ1n) is 43.0. The van der Waals surface area contributed by atoms with E-state index in [2.05, 4.69) is 41.5 Å². The Kier molecular flexibility index (Phi) is 73.1. The van der Waals surface area contributed by atoms with Crippen LogP contribution in [0.1, 0.15) is 440 Å². The van der Waals surface area contributed by atoms with Crippen molar-refractivity contribution < 1.29 is 80.2 Å². The third kappa shape index (κ3) is 76.3. The molecule has 0 aliphatic heterocycles. The number of esters is 4. The normalized spacial score (nSPS) is 13.9. The van der Waals surface area contributed by atoms with Gasteiger partial charge < -0.3 is 33.8 Å². The molecule has 0 saturated heterocycles. The molecule has 0 spiro atoms. The number of rotatable bonds is 82. The molecule has 0 aliphatic rings. The highest BCUT2D eigenvalue weighted by atomic mass is 31.2. The van der Waals surface area contributed by atoms with E-state index >= 15 is 0 Å². The first-order chi connectivity index (χ1) is 49.4. The van der Waals surface area contributed by atoms with Gasteiger partial charge in [-0.05, 0) is 37.5 Å². The van der Waals surface area contributed by atoms with E-state index < -0.39 is 97.5 Å². The highest BCUT2D eigenvalue weighted by Gasteiger charge is 2.30. The van der Waals surface area contributed by atoms with E-state index in [1.165, 1.54) is 250 Å². The molecule has 0 rings (SSSR count). The first kappa shape index (κ1) is 100. The monoisotopic (exact) mass is 1490 g/mol. The Labute approximate surface area is 626 Å². The van der Waals surface area contributed by atoms with Gasteiger partial charge in [-0.2, -0.15) is 0 Å². The number of phosphoric acid groups is 2. The van der Waals surface area contributed by atoms with Crippen LogP contribution in [0.2, 0.25) is 0 Å². The van der Waals surface area contributed by atoms with E-state index in [-0.39, 0.29) is 25.7 Å². The van der Waals surface area contributed by atoms with Crippen molar-refractivity contribution in [2.45, 2.75) is 458 Å². The van der Waals surface area contributed by atoms with E-state index in [1.54, 1.807) is 0 Å². The number of aliphatic hydroxyl groups excluding tert-OH is 1. The average Bonchev–Trinajstić information content (AvgIpc) is 0.921.